The van der Waals surface area contributed by atoms with Crippen LogP contribution in [0.15, 0.2) is 48.7 Å². The Morgan fingerprint density at radius 2 is 1.76 bits per heavy atom. The van der Waals surface area contributed by atoms with Crippen molar-refractivity contribution in [1.82, 2.24) is 14.9 Å². The van der Waals surface area contributed by atoms with Gasteiger partial charge in [-0.3, -0.25) is 14.7 Å². The average Bonchev–Trinajstić information content (AvgIpc) is 3.57. The number of nitrogens with zero attached hydrogens (tertiary/aromatic N) is 4. The van der Waals surface area contributed by atoms with Gasteiger partial charge in [0.25, 0.3) is 0 Å². The number of aromatic nitrogens is 2. The predicted octanol–water partition coefficient (Wildman–Crippen LogP) is 4.22. The highest BCUT2D eigenvalue weighted by atomic mass is 16.5. The molecule has 2 fully saturated rings. The molecular weight excluding hydrogens is 478 g/mol. The summed E-state index contributed by atoms with van der Waals surface area (Å²) < 4.78 is 11.4. The molecule has 2 N–H and O–H groups in total. The normalized spacial score (nSPS) is 18.2. The maximum absolute atomic E-state index is 12.9. The quantitative estimate of drug-likeness (QED) is 0.482. The topological polar surface area (TPSA) is 93.8 Å². The smallest absolute Gasteiger partial charge is 0.231 e. The zero-order valence-corrected chi connectivity index (χ0v) is 21.8. The fourth-order valence-corrected chi connectivity index (χ4v) is 5.57. The Labute approximate surface area is 223 Å². The van der Waals surface area contributed by atoms with Gasteiger partial charge in [0.1, 0.15) is 5.82 Å². The molecular formula is C30H35N5O3. The molecule has 0 saturated carbocycles. The van der Waals surface area contributed by atoms with Crippen molar-refractivity contribution in [1.29, 1.82) is 0 Å². The van der Waals surface area contributed by atoms with Crippen LogP contribution in [0.1, 0.15) is 42.4 Å². The second-order valence-electron chi connectivity index (χ2n) is 10.6. The molecule has 0 unspecified atom stereocenters. The first-order valence-electron chi connectivity index (χ1n) is 13.7. The van der Waals surface area contributed by atoms with E-state index in [1.807, 2.05) is 24.4 Å². The molecule has 38 heavy (non-hydrogen) atoms. The van der Waals surface area contributed by atoms with Gasteiger partial charge >= 0.3 is 0 Å². The lowest BCUT2D eigenvalue weighted by Crippen LogP contribution is -2.26. The van der Waals surface area contributed by atoms with Crippen LogP contribution in [0.5, 0.6) is 5.88 Å². The standard InChI is InChI=1S/C30H35N5O3/c31-30-25-15-29(36)35(27(25)16-28(33-30)38-20-22-9-13-37-14-10-22)19-23-5-8-26(32-17-23)24-6-3-21(4-7-24)18-34-11-1-2-12-34/h3-8,16-17,22H,1-2,9-15,18-20H2,(H2,31,33). The minimum Gasteiger partial charge on any atom is -0.477 e. The van der Waals surface area contributed by atoms with Crippen LogP contribution in [-0.4, -0.2) is 53.7 Å². The Morgan fingerprint density at radius 1 is 1.00 bits per heavy atom. The maximum atomic E-state index is 12.9. The third-order valence-electron chi connectivity index (χ3n) is 7.86. The third kappa shape index (κ3) is 5.51. The molecule has 2 aromatic heterocycles. The Balaban J connectivity index is 1.12. The molecule has 0 bridgehead atoms. The fraction of sp³-hybridized carbons (Fsp3) is 0.433. The van der Waals surface area contributed by atoms with Crippen molar-refractivity contribution < 1.29 is 14.3 Å². The van der Waals surface area contributed by atoms with E-state index in [2.05, 4.69) is 34.1 Å². The monoisotopic (exact) mass is 513 g/mol. The third-order valence-corrected chi connectivity index (χ3v) is 7.86. The van der Waals surface area contributed by atoms with Crippen LogP contribution in [0, 0.1) is 5.92 Å². The first-order valence-corrected chi connectivity index (χ1v) is 13.7. The van der Waals surface area contributed by atoms with Crippen LogP contribution in [0.3, 0.4) is 0 Å². The van der Waals surface area contributed by atoms with Crippen LogP contribution in [-0.2, 0) is 29.0 Å². The number of amides is 1. The van der Waals surface area contributed by atoms with Crippen LogP contribution < -0.4 is 15.4 Å². The van der Waals surface area contributed by atoms with Crippen molar-refractivity contribution in [3.05, 3.63) is 65.4 Å². The molecule has 3 aliphatic rings. The fourth-order valence-electron chi connectivity index (χ4n) is 5.57. The van der Waals surface area contributed by atoms with E-state index in [0.717, 1.165) is 60.7 Å². The Hall–Kier alpha value is -3.49. The first-order chi connectivity index (χ1) is 18.6. The largest absolute Gasteiger partial charge is 0.477 e. The van der Waals surface area contributed by atoms with E-state index in [1.165, 1.54) is 31.5 Å². The van der Waals surface area contributed by atoms with Crippen molar-refractivity contribution in [2.45, 2.75) is 45.2 Å². The summed E-state index contributed by atoms with van der Waals surface area (Å²) in [4.78, 5) is 26.3. The molecule has 0 spiro atoms. The van der Waals surface area contributed by atoms with Crippen molar-refractivity contribution in [3.8, 4) is 17.1 Å². The van der Waals surface area contributed by atoms with Gasteiger partial charge in [-0.15, -0.1) is 0 Å². The second kappa shape index (κ2) is 11.1. The highest BCUT2D eigenvalue weighted by Gasteiger charge is 2.31. The van der Waals surface area contributed by atoms with Crippen molar-refractivity contribution in [2.24, 2.45) is 5.92 Å². The Morgan fingerprint density at radius 3 is 2.50 bits per heavy atom. The first kappa shape index (κ1) is 24.8. The number of fused-ring (bicyclic) bond motifs is 1. The summed E-state index contributed by atoms with van der Waals surface area (Å²) in [6.45, 7) is 5.95. The number of pyridine rings is 2. The van der Waals surface area contributed by atoms with Gasteiger partial charge in [-0.2, -0.15) is 4.98 Å². The number of carbonyl (C=O) groups excluding carboxylic acids is 1. The summed E-state index contributed by atoms with van der Waals surface area (Å²) in [6, 6.07) is 14.6. The van der Waals surface area contributed by atoms with Crippen molar-refractivity contribution in [2.75, 3.05) is 43.5 Å². The molecule has 0 atom stereocenters. The predicted molar refractivity (Wildman–Crippen MR) is 147 cm³/mol. The van der Waals surface area contributed by atoms with Crippen LogP contribution >= 0.6 is 0 Å². The van der Waals surface area contributed by atoms with Gasteiger partial charge in [0.15, 0.2) is 0 Å². The van der Waals surface area contributed by atoms with Gasteiger partial charge in [-0.05, 0) is 61.9 Å². The number of nitrogen functional groups attached to an aromatic ring is 1. The Kier molecular flexibility index (Phi) is 7.25. The van der Waals surface area contributed by atoms with Gasteiger partial charge in [0, 0.05) is 43.1 Å². The number of rotatable bonds is 8. The summed E-state index contributed by atoms with van der Waals surface area (Å²) >= 11 is 0. The van der Waals surface area contributed by atoms with Gasteiger partial charge < -0.3 is 20.1 Å². The maximum Gasteiger partial charge on any atom is 0.231 e. The molecule has 3 aliphatic heterocycles. The van der Waals surface area contributed by atoms with E-state index in [4.69, 9.17) is 20.2 Å². The molecule has 1 amide bonds. The number of anilines is 2. The van der Waals surface area contributed by atoms with Crippen LogP contribution in [0.25, 0.3) is 11.3 Å². The number of benzene rings is 1. The molecule has 2 saturated heterocycles. The van der Waals surface area contributed by atoms with Crippen molar-refractivity contribution in [3.63, 3.8) is 0 Å². The molecule has 5 heterocycles. The van der Waals surface area contributed by atoms with E-state index < -0.39 is 0 Å². The van der Waals surface area contributed by atoms with E-state index in [9.17, 15) is 4.79 Å². The van der Waals surface area contributed by atoms with Gasteiger partial charge in [0.05, 0.1) is 31.0 Å². The highest BCUT2D eigenvalue weighted by molar-refractivity contribution is 6.03. The summed E-state index contributed by atoms with van der Waals surface area (Å²) in [6.07, 6.45) is 6.68. The van der Waals surface area contributed by atoms with Crippen molar-refractivity contribution >= 4 is 17.4 Å². The van der Waals surface area contributed by atoms with Gasteiger partial charge in [-0.1, -0.05) is 30.3 Å². The van der Waals surface area contributed by atoms with Gasteiger partial charge in [0.2, 0.25) is 11.8 Å². The van der Waals surface area contributed by atoms with E-state index in [1.54, 1.807) is 4.90 Å². The number of hydrogen-bond donors (Lipinski definition) is 1. The molecule has 1 aromatic carbocycles. The minimum absolute atomic E-state index is 0.00717. The average molecular weight is 514 g/mol. The lowest BCUT2D eigenvalue weighted by Gasteiger charge is -2.22. The van der Waals surface area contributed by atoms with Crippen LogP contribution in [0.4, 0.5) is 11.5 Å². The number of carbonyl (C=O) groups is 1. The highest BCUT2D eigenvalue weighted by Crippen LogP contribution is 2.36. The Bertz CT molecular complexity index is 1270. The lowest BCUT2D eigenvalue weighted by atomic mass is 10.0. The molecule has 0 radical (unpaired) electrons. The zero-order chi connectivity index (χ0) is 25.9. The summed E-state index contributed by atoms with van der Waals surface area (Å²) in [5.41, 5.74) is 12.1. The summed E-state index contributed by atoms with van der Waals surface area (Å²) in [7, 11) is 0. The summed E-state index contributed by atoms with van der Waals surface area (Å²) in [5.74, 6) is 1.28. The number of likely N-dealkylation sites (tertiary alicyclic amines) is 1. The minimum atomic E-state index is 0.00717. The van der Waals surface area contributed by atoms with E-state index in [0.29, 0.717) is 30.8 Å². The molecule has 198 valence electrons. The number of ether oxygens (including phenoxy) is 2. The molecule has 3 aromatic rings. The van der Waals surface area contributed by atoms with Crippen LogP contribution in [0.2, 0.25) is 0 Å². The van der Waals surface area contributed by atoms with Gasteiger partial charge in [-0.25, -0.2) is 0 Å². The molecule has 8 nitrogen and oxygen atoms in total. The van der Waals surface area contributed by atoms with E-state index in [-0.39, 0.29) is 12.3 Å². The summed E-state index contributed by atoms with van der Waals surface area (Å²) in [5, 5.41) is 0. The SMILES string of the molecule is Nc1nc(OCC2CCOCC2)cc2c1CC(=O)N2Cc1ccc(-c2ccc(CN3CCCC3)cc2)nc1. The number of hydrogen-bond acceptors (Lipinski definition) is 7. The zero-order valence-electron chi connectivity index (χ0n) is 21.8. The van der Waals surface area contributed by atoms with E-state index >= 15 is 0 Å². The molecule has 8 heteroatoms. The molecule has 6 rings (SSSR count). The lowest BCUT2D eigenvalue weighted by molar-refractivity contribution is -0.117. The number of nitrogens with two attached hydrogens (primary N) is 1. The molecule has 0 aliphatic carbocycles. The second-order valence-corrected chi connectivity index (χ2v) is 10.6.